The van der Waals surface area contributed by atoms with Crippen molar-refractivity contribution >= 4 is 17.5 Å². The van der Waals surface area contributed by atoms with Crippen LogP contribution in [0.4, 0.5) is 0 Å². The summed E-state index contributed by atoms with van der Waals surface area (Å²) in [4.78, 5) is 12.8. The van der Waals surface area contributed by atoms with Crippen LogP contribution in [0.2, 0.25) is 5.02 Å². The maximum Gasteiger partial charge on any atom is 0.254 e. The fraction of sp³-hybridized carbons (Fsp3) is 0.524. The predicted octanol–water partition coefficient (Wildman–Crippen LogP) is 3.49. The van der Waals surface area contributed by atoms with Crippen molar-refractivity contribution in [2.75, 3.05) is 6.54 Å². The van der Waals surface area contributed by atoms with Gasteiger partial charge in [-0.3, -0.25) is 9.48 Å². The Kier molecular flexibility index (Phi) is 7.10. The number of nitrogens with one attached hydrogen (secondary N) is 1. The molecule has 1 unspecified atom stereocenters. The summed E-state index contributed by atoms with van der Waals surface area (Å²) in [7, 11) is 0. The van der Waals surface area contributed by atoms with Crippen LogP contribution in [0, 0.1) is 12.8 Å². The molecule has 3 rings (SSSR count). The number of nitrogens with zero attached hydrogens (tertiary/aromatic N) is 2. The summed E-state index contributed by atoms with van der Waals surface area (Å²) in [6, 6.07) is 7.23. The van der Waals surface area contributed by atoms with Crippen LogP contribution in [0.3, 0.4) is 0 Å². The second-order valence-corrected chi connectivity index (χ2v) is 7.95. The summed E-state index contributed by atoms with van der Waals surface area (Å²) < 4.78 is 1.85. The van der Waals surface area contributed by atoms with Crippen molar-refractivity contribution in [3.05, 3.63) is 40.5 Å². The first-order valence-electron chi connectivity index (χ1n) is 10.0. The lowest BCUT2D eigenvalue weighted by Gasteiger charge is -2.22. The van der Waals surface area contributed by atoms with Crippen molar-refractivity contribution in [2.24, 2.45) is 11.7 Å². The van der Waals surface area contributed by atoms with Crippen LogP contribution in [0.5, 0.6) is 0 Å². The van der Waals surface area contributed by atoms with E-state index in [2.05, 4.69) is 10.4 Å². The summed E-state index contributed by atoms with van der Waals surface area (Å²) >= 11 is 6.28. The van der Waals surface area contributed by atoms with Crippen LogP contribution >= 0.6 is 11.6 Å². The Balaban J connectivity index is 1.77. The van der Waals surface area contributed by atoms with Crippen molar-refractivity contribution in [1.29, 1.82) is 0 Å². The van der Waals surface area contributed by atoms with Gasteiger partial charge in [0.1, 0.15) is 6.23 Å². The van der Waals surface area contributed by atoms with Gasteiger partial charge in [-0.15, -0.1) is 0 Å². The summed E-state index contributed by atoms with van der Waals surface area (Å²) in [6.45, 7) is 3.12. The molecule has 1 aromatic carbocycles. The van der Waals surface area contributed by atoms with Gasteiger partial charge in [-0.05, 0) is 38.0 Å². The van der Waals surface area contributed by atoms with E-state index in [0.717, 1.165) is 42.6 Å². The molecule has 1 saturated carbocycles. The Hall–Kier alpha value is -1.89. The van der Waals surface area contributed by atoms with Crippen LogP contribution in [-0.2, 0) is 6.54 Å². The quantitative estimate of drug-likeness (QED) is 0.507. The van der Waals surface area contributed by atoms with Gasteiger partial charge in [0.15, 0.2) is 0 Å². The monoisotopic (exact) mass is 404 g/mol. The third-order valence-electron chi connectivity index (χ3n) is 5.45. The Morgan fingerprint density at radius 1 is 1.32 bits per heavy atom. The van der Waals surface area contributed by atoms with E-state index in [1.165, 1.54) is 12.8 Å². The zero-order chi connectivity index (χ0) is 20.1. The Bertz CT molecular complexity index is 813. The van der Waals surface area contributed by atoms with Gasteiger partial charge in [0.25, 0.3) is 5.91 Å². The van der Waals surface area contributed by atoms with E-state index in [1.807, 2.05) is 23.7 Å². The predicted molar refractivity (Wildman–Crippen MR) is 111 cm³/mol. The van der Waals surface area contributed by atoms with Crippen LogP contribution in [0.15, 0.2) is 24.3 Å². The lowest BCUT2D eigenvalue weighted by atomic mass is 9.98. The number of amides is 1. The summed E-state index contributed by atoms with van der Waals surface area (Å²) in [5.74, 6) is -0.260. The van der Waals surface area contributed by atoms with E-state index < -0.39 is 6.23 Å². The molecule has 2 aromatic rings. The molecule has 1 atom stereocenters. The van der Waals surface area contributed by atoms with Crippen molar-refractivity contribution in [3.8, 4) is 11.3 Å². The van der Waals surface area contributed by atoms with E-state index in [9.17, 15) is 9.90 Å². The number of aryl methyl sites for hydroxylation is 1. The van der Waals surface area contributed by atoms with Gasteiger partial charge in [0, 0.05) is 23.7 Å². The smallest absolute Gasteiger partial charge is 0.254 e. The normalized spacial score (nSPS) is 16.6. The number of benzene rings is 1. The molecule has 1 heterocycles. The summed E-state index contributed by atoms with van der Waals surface area (Å²) in [6.07, 6.45) is 5.61. The molecule has 0 saturated heterocycles. The number of hydrogen-bond acceptors (Lipinski definition) is 4. The van der Waals surface area contributed by atoms with Gasteiger partial charge in [0.2, 0.25) is 0 Å². The zero-order valence-corrected chi connectivity index (χ0v) is 17.1. The molecule has 7 heteroatoms. The third-order valence-corrected chi connectivity index (χ3v) is 5.78. The minimum atomic E-state index is -0.851. The highest BCUT2D eigenvalue weighted by Gasteiger charge is 2.24. The molecule has 6 nitrogen and oxygen atoms in total. The molecule has 1 aliphatic carbocycles. The average molecular weight is 405 g/mol. The van der Waals surface area contributed by atoms with Gasteiger partial charge in [-0.2, -0.15) is 5.10 Å². The molecular formula is C21H29ClN4O2. The fourth-order valence-electron chi connectivity index (χ4n) is 3.82. The van der Waals surface area contributed by atoms with E-state index in [0.29, 0.717) is 23.7 Å². The van der Waals surface area contributed by atoms with Gasteiger partial charge < -0.3 is 16.2 Å². The second-order valence-electron chi connectivity index (χ2n) is 7.55. The minimum Gasteiger partial charge on any atom is -0.373 e. The number of carbonyl (C=O) groups is 1. The van der Waals surface area contributed by atoms with Gasteiger partial charge in [-0.25, -0.2) is 0 Å². The molecular weight excluding hydrogens is 376 g/mol. The van der Waals surface area contributed by atoms with Crippen LogP contribution < -0.4 is 11.1 Å². The van der Waals surface area contributed by atoms with E-state index in [4.69, 9.17) is 17.3 Å². The largest absolute Gasteiger partial charge is 0.373 e. The van der Waals surface area contributed by atoms with Crippen LogP contribution in [0.25, 0.3) is 11.3 Å². The van der Waals surface area contributed by atoms with Gasteiger partial charge >= 0.3 is 0 Å². The molecule has 4 N–H and O–H groups in total. The fourth-order valence-corrected chi connectivity index (χ4v) is 4.02. The standard InChI is InChI=1S/C21H29ClN4O2/c1-14-12-19(25-26(14)11-10-23)16-8-9-18(22)17(13-16)21(28)24-20(27)15-6-4-2-3-5-7-15/h8-9,12-13,15,20,27H,2-7,10-11,23H2,1H3,(H,24,28). The Morgan fingerprint density at radius 3 is 2.71 bits per heavy atom. The molecule has 0 bridgehead atoms. The van der Waals surface area contributed by atoms with Gasteiger partial charge in [0.05, 0.1) is 22.8 Å². The third kappa shape index (κ3) is 4.93. The van der Waals surface area contributed by atoms with Crippen LogP contribution in [0.1, 0.15) is 54.6 Å². The topological polar surface area (TPSA) is 93.2 Å². The molecule has 152 valence electrons. The highest BCUT2D eigenvalue weighted by Crippen LogP contribution is 2.27. The zero-order valence-electron chi connectivity index (χ0n) is 16.3. The molecule has 0 radical (unpaired) electrons. The molecule has 0 aliphatic heterocycles. The first-order valence-corrected chi connectivity index (χ1v) is 10.4. The van der Waals surface area contributed by atoms with Crippen molar-refractivity contribution in [1.82, 2.24) is 15.1 Å². The first kappa shape index (κ1) is 20.8. The SMILES string of the molecule is Cc1cc(-c2ccc(Cl)c(C(=O)NC(O)C3CCCCCC3)c2)nn1CCN. The lowest BCUT2D eigenvalue weighted by molar-refractivity contribution is 0.0532. The van der Waals surface area contributed by atoms with Crippen molar-refractivity contribution in [3.63, 3.8) is 0 Å². The first-order chi connectivity index (χ1) is 13.5. The summed E-state index contributed by atoms with van der Waals surface area (Å²) in [5, 5.41) is 18.2. The minimum absolute atomic E-state index is 0.100. The highest BCUT2D eigenvalue weighted by molar-refractivity contribution is 6.34. The van der Waals surface area contributed by atoms with Crippen molar-refractivity contribution < 1.29 is 9.90 Å². The number of nitrogens with two attached hydrogens (primary N) is 1. The number of aromatic nitrogens is 2. The average Bonchev–Trinajstić information content (AvgIpc) is 2.87. The summed E-state index contributed by atoms with van der Waals surface area (Å²) in [5.41, 5.74) is 8.54. The number of aliphatic hydroxyl groups is 1. The van der Waals surface area contributed by atoms with E-state index in [-0.39, 0.29) is 11.8 Å². The van der Waals surface area contributed by atoms with Crippen LogP contribution in [-0.4, -0.2) is 33.6 Å². The van der Waals surface area contributed by atoms with Gasteiger partial charge in [-0.1, -0.05) is 43.4 Å². The lowest BCUT2D eigenvalue weighted by Crippen LogP contribution is -2.40. The molecule has 1 aliphatic rings. The number of carbonyl (C=O) groups excluding carboxylic acids is 1. The Labute approximate surface area is 171 Å². The number of halogens is 1. The maximum absolute atomic E-state index is 12.8. The second kappa shape index (κ2) is 9.54. The van der Waals surface area contributed by atoms with E-state index >= 15 is 0 Å². The number of rotatable bonds is 6. The molecule has 1 amide bonds. The molecule has 0 spiro atoms. The Morgan fingerprint density at radius 2 is 2.04 bits per heavy atom. The molecule has 1 aromatic heterocycles. The molecule has 28 heavy (non-hydrogen) atoms. The van der Waals surface area contributed by atoms with E-state index in [1.54, 1.807) is 12.1 Å². The van der Waals surface area contributed by atoms with Crippen molar-refractivity contribution in [2.45, 2.75) is 58.2 Å². The number of hydrogen-bond donors (Lipinski definition) is 3. The highest BCUT2D eigenvalue weighted by atomic mass is 35.5. The molecule has 1 fully saturated rings. The maximum atomic E-state index is 12.8. The number of aliphatic hydroxyl groups excluding tert-OH is 1.